The Bertz CT molecular complexity index is 456. The Hall–Kier alpha value is 0.460. The topological polar surface area (TPSA) is 0 Å². The van der Waals surface area contributed by atoms with E-state index in [4.69, 9.17) is 23.2 Å². The lowest BCUT2D eigenvalue weighted by atomic mass is 10.2. The molecule has 1 atom stereocenters. The lowest BCUT2D eigenvalue weighted by Gasteiger charge is -2.03. The second-order valence-corrected chi connectivity index (χ2v) is 7.56. The fourth-order valence-corrected chi connectivity index (χ4v) is 4.05. The number of alkyl halides is 1. The Kier molecular flexibility index (Phi) is 3.79. The first-order chi connectivity index (χ1) is 7.08. The molecule has 0 fully saturated rings. The van der Waals surface area contributed by atoms with Crippen LogP contribution in [-0.2, 0) is 0 Å². The third-order valence-electron chi connectivity index (χ3n) is 2.01. The van der Waals surface area contributed by atoms with Crippen molar-refractivity contribution in [2.45, 2.75) is 12.3 Å². The van der Waals surface area contributed by atoms with Gasteiger partial charge in [0.1, 0.15) is 0 Å². The Morgan fingerprint density at radius 3 is 2.60 bits per heavy atom. The normalized spacial score (nSPS) is 13.1. The van der Waals surface area contributed by atoms with E-state index in [0.29, 0.717) is 0 Å². The largest absolute Gasteiger partial charge is 0.136 e. The van der Waals surface area contributed by atoms with E-state index in [9.17, 15) is 0 Å². The van der Waals surface area contributed by atoms with Crippen molar-refractivity contribution in [1.82, 2.24) is 0 Å². The summed E-state index contributed by atoms with van der Waals surface area (Å²) in [5.41, 5.74) is 2.21. The van der Waals surface area contributed by atoms with Gasteiger partial charge in [0.15, 0.2) is 0 Å². The summed E-state index contributed by atoms with van der Waals surface area (Å²) in [5, 5.41) is 1.97. The van der Waals surface area contributed by atoms with Gasteiger partial charge in [-0.3, -0.25) is 0 Å². The van der Waals surface area contributed by atoms with E-state index < -0.39 is 0 Å². The van der Waals surface area contributed by atoms with Gasteiger partial charge in [-0.1, -0.05) is 11.6 Å². The second-order valence-electron chi connectivity index (χ2n) is 3.15. The zero-order valence-corrected chi connectivity index (χ0v) is 12.5. The molecule has 15 heavy (non-hydrogen) atoms. The first kappa shape index (κ1) is 11.9. The Morgan fingerprint density at radius 2 is 2.13 bits per heavy atom. The van der Waals surface area contributed by atoms with E-state index in [1.807, 2.05) is 13.0 Å². The summed E-state index contributed by atoms with van der Waals surface area (Å²) < 4.78 is 1.92. The van der Waals surface area contributed by atoms with Crippen LogP contribution in [-0.4, -0.2) is 0 Å². The van der Waals surface area contributed by atoms with Gasteiger partial charge in [0.25, 0.3) is 0 Å². The molecule has 0 spiro atoms. The molecule has 1 unspecified atom stereocenters. The fourth-order valence-electron chi connectivity index (χ4n) is 1.23. The summed E-state index contributed by atoms with van der Waals surface area (Å²) in [5.74, 6) is 0. The van der Waals surface area contributed by atoms with Crippen molar-refractivity contribution in [3.05, 3.63) is 41.6 Å². The molecule has 0 saturated carbocycles. The summed E-state index contributed by atoms with van der Waals surface area (Å²) >= 11 is 19.0. The minimum atomic E-state index is -0.0938. The molecule has 0 amide bonds. The van der Waals surface area contributed by atoms with Crippen LogP contribution in [0.25, 0.3) is 0 Å². The Labute approximate surface area is 115 Å². The molecule has 0 aromatic carbocycles. The van der Waals surface area contributed by atoms with Gasteiger partial charge in [-0.25, -0.2) is 0 Å². The summed E-state index contributed by atoms with van der Waals surface area (Å²) in [6.45, 7) is 2.00. The highest BCUT2D eigenvalue weighted by atomic mass is 79.9. The van der Waals surface area contributed by atoms with Crippen LogP contribution in [0.5, 0.6) is 0 Å². The summed E-state index contributed by atoms with van der Waals surface area (Å²) in [6.07, 6.45) is 0. The third-order valence-corrected chi connectivity index (χ3v) is 5.77. The first-order valence-electron chi connectivity index (χ1n) is 4.21. The molecule has 0 aliphatic heterocycles. The van der Waals surface area contributed by atoms with E-state index >= 15 is 0 Å². The molecular weight excluding hydrogens is 335 g/mol. The maximum absolute atomic E-state index is 6.37. The number of hydrogen-bond donors (Lipinski definition) is 0. The number of halogens is 3. The standard InChI is InChI=1S/C10H7BrCl2S2/c1-5-2-7(15-10(5)13)9(12)6-3-8(11)14-4-6/h2-4,9H,1H3. The Balaban J connectivity index is 2.31. The number of hydrogen-bond acceptors (Lipinski definition) is 2. The second kappa shape index (κ2) is 4.76. The van der Waals surface area contributed by atoms with E-state index in [2.05, 4.69) is 27.4 Å². The van der Waals surface area contributed by atoms with Gasteiger partial charge in [-0.15, -0.1) is 34.3 Å². The molecule has 2 aromatic heterocycles. The van der Waals surface area contributed by atoms with Crippen LogP contribution in [0.15, 0.2) is 21.3 Å². The van der Waals surface area contributed by atoms with Crippen molar-refractivity contribution in [3.8, 4) is 0 Å². The van der Waals surface area contributed by atoms with E-state index in [0.717, 1.165) is 24.1 Å². The van der Waals surface area contributed by atoms with Crippen LogP contribution in [0.4, 0.5) is 0 Å². The van der Waals surface area contributed by atoms with Gasteiger partial charge in [0.05, 0.1) is 13.5 Å². The van der Waals surface area contributed by atoms with Crippen molar-refractivity contribution in [1.29, 1.82) is 0 Å². The highest BCUT2D eigenvalue weighted by Gasteiger charge is 2.16. The molecule has 0 aliphatic rings. The van der Waals surface area contributed by atoms with Crippen LogP contribution in [0.3, 0.4) is 0 Å². The fraction of sp³-hybridized carbons (Fsp3) is 0.200. The van der Waals surface area contributed by atoms with Gasteiger partial charge in [-0.05, 0) is 51.5 Å². The van der Waals surface area contributed by atoms with Crippen molar-refractivity contribution >= 4 is 61.8 Å². The average Bonchev–Trinajstić information content (AvgIpc) is 2.74. The van der Waals surface area contributed by atoms with Crippen molar-refractivity contribution in [3.63, 3.8) is 0 Å². The van der Waals surface area contributed by atoms with Crippen LogP contribution in [0.1, 0.15) is 21.4 Å². The summed E-state index contributed by atoms with van der Waals surface area (Å²) in [4.78, 5) is 1.10. The summed E-state index contributed by atoms with van der Waals surface area (Å²) in [7, 11) is 0. The molecule has 2 aromatic rings. The monoisotopic (exact) mass is 340 g/mol. The molecule has 5 heteroatoms. The quantitative estimate of drug-likeness (QED) is 0.600. The van der Waals surface area contributed by atoms with Crippen LogP contribution < -0.4 is 0 Å². The first-order valence-corrected chi connectivity index (χ1v) is 7.52. The van der Waals surface area contributed by atoms with Crippen molar-refractivity contribution in [2.75, 3.05) is 0 Å². The van der Waals surface area contributed by atoms with E-state index in [1.165, 1.54) is 0 Å². The smallest absolute Gasteiger partial charge is 0.0960 e. The zero-order chi connectivity index (χ0) is 11.0. The van der Waals surface area contributed by atoms with Crippen LogP contribution in [0, 0.1) is 6.92 Å². The van der Waals surface area contributed by atoms with Crippen molar-refractivity contribution < 1.29 is 0 Å². The minimum absolute atomic E-state index is 0.0938. The molecule has 2 rings (SSSR count). The maximum Gasteiger partial charge on any atom is 0.0960 e. The van der Waals surface area contributed by atoms with Crippen LogP contribution >= 0.6 is 61.8 Å². The molecule has 0 saturated heterocycles. The van der Waals surface area contributed by atoms with Gasteiger partial charge >= 0.3 is 0 Å². The van der Waals surface area contributed by atoms with Gasteiger partial charge < -0.3 is 0 Å². The highest BCUT2D eigenvalue weighted by Crippen LogP contribution is 2.39. The number of aryl methyl sites for hydroxylation is 1. The van der Waals surface area contributed by atoms with E-state index in [1.54, 1.807) is 22.7 Å². The maximum atomic E-state index is 6.37. The zero-order valence-electron chi connectivity index (χ0n) is 7.76. The molecule has 0 bridgehead atoms. The highest BCUT2D eigenvalue weighted by molar-refractivity contribution is 9.11. The molecule has 80 valence electrons. The molecule has 2 heterocycles. The van der Waals surface area contributed by atoms with Gasteiger partial charge in [-0.2, -0.15) is 0 Å². The summed E-state index contributed by atoms with van der Waals surface area (Å²) in [6, 6.07) is 4.10. The minimum Gasteiger partial charge on any atom is -0.136 e. The molecule has 0 radical (unpaired) electrons. The predicted molar refractivity (Wildman–Crippen MR) is 73.8 cm³/mol. The van der Waals surface area contributed by atoms with Crippen molar-refractivity contribution in [2.24, 2.45) is 0 Å². The average molecular weight is 342 g/mol. The predicted octanol–water partition coefficient (Wildman–Crippen LogP) is 5.86. The lowest BCUT2D eigenvalue weighted by molar-refractivity contribution is 1.20. The number of rotatable bonds is 2. The SMILES string of the molecule is Cc1cc(C(Cl)c2csc(Br)c2)sc1Cl. The van der Waals surface area contributed by atoms with Gasteiger partial charge in [0, 0.05) is 4.88 Å². The van der Waals surface area contributed by atoms with Gasteiger partial charge in [0.2, 0.25) is 0 Å². The molecule has 0 aliphatic carbocycles. The molecular formula is C10H7BrCl2S2. The molecule has 0 nitrogen and oxygen atoms in total. The third kappa shape index (κ3) is 2.59. The lowest BCUT2D eigenvalue weighted by Crippen LogP contribution is -1.85. The number of thiophene rings is 2. The van der Waals surface area contributed by atoms with Crippen LogP contribution in [0.2, 0.25) is 4.34 Å². The Morgan fingerprint density at radius 1 is 1.40 bits per heavy atom. The van der Waals surface area contributed by atoms with E-state index in [-0.39, 0.29) is 5.38 Å². The molecule has 0 N–H and O–H groups in total.